The largest absolute Gasteiger partial charge is 0.408 e. The first-order valence-corrected chi connectivity index (χ1v) is 9.64. The fourth-order valence-corrected chi connectivity index (χ4v) is 3.93. The van der Waals surface area contributed by atoms with Gasteiger partial charge in [0.1, 0.15) is 11.9 Å². The van der Waals surface area contributed by atoms with Crippen LogP contribution in [-0.2, 0) is 17.8 Å². The summed E-state index contributed by atoms with van der Waals surface area (Å²) in [5, 5.41) is 0. The normalized spacial score (nSPS) is 22.2. The Kier molecular flexibility index (Phi) is 5.39. The molecule has 2 atom stereocenters. The van der Waals surface area contributed by atoms with Gasteiger partial charge in [-0.3, -0.25) is 9.36 Å². The maximum Gasteiger partial charge on any atom is 0.408 e. The van der Waals surface area contributed by atoms with Crippen LogP contribution in [0.1, 0.15) is 18.9 Å². The van der Waals surface area contributed by atoms with Crippen molar-refractivity contribution >= 4 is 11.8 Å². The van der Waals surface area contributed by atoms with Crippen molar-refractivity contribution in [1.82, 2.24) is 14.5 Å². The van der Waals surface area contributed by atoms with E-state index >= 15 is 0 Å². The summed E-state index contributed by atoms with van der Waals surface area (Å²) in [5.74, 6) is -0.535. The molecule has 162 valence electrons. The number of pyridine rings is 1. The van der Waals surface area contributed by atoms with Gasteiger partial charge >= 0.3 is 6.18 Å². The predicted octanol–water partition coefficient (Wildman–Crippen LogP) is 2.34. The van der Waals surface area contributed by atoms with Crippen LogP contribution in [0.5, 0.6) is 0 Å². The molecule has 11 heteroatoms. The van der Waals surface area contributed by atoms with E-state index in [4.69, 9.17) is 4.74 Å². The summed E-state index contributed by atoms with van der Waals surface area (Å²) in [6.07, 6.45) is -3.63. The summed E-state index contributed by atoms with van der Waals surface area (Å²) in [7, 11) is 0. The predicted molar refractivity (Wildman–Crippen MR) is 101 cm³/mol. The number of alkyl halides is 3. The summed E-state index contributed by atoms with van der Waals surface area (Å²) in [5.41, 5.74) is -0.107. The topological polar surface area (TPSA) is 63.5 Å². The van der Waals surface area contributed by atoms with E-state index in [1.54, 1.807) is 0 Å². The molecule has 0 amide bonds. The number of rotatable bonds is 3. The lowest BCUT2D eigenvalue weighted by Gasteiger charge is -2.40. The van der Waals surface area contributed by atoms with Crippen molar-refractivity contribution in [3.8, 4) is 0 Å². The zero-order chi connectivity index (χ0) is 21.5. The van der Waals surface area contributed by atoms with Crippen LogP contribution in [0.15, 0.2) is 29.2 Å². The van der Waals surface area contributed by atoms with Crippen molar-refractivity contribution in [2.75, 3.05) is 29.6 Å². The van der Waals surface area contributed by atoms with Gasteiger partial charge in [0.15, 0.2) is 0 Å². The molecule has 4 heterocycles. The molecule has 2 aromatic heterocycles. The number of ether oxygens (including phenoxy) is 1. The van der Waals surface area contributed by atoms with Gasteiger partial charge in [-0.25, -0.2) is 4.98 Å². The number of hydrogen-bond acceptors (Lipinski definition) is 6. The maximum atomic E-state index is 13.8. The van der Waals surface area contributed by atoms with Crippen LogP contribution >= 0.6 is 0 Å². The lowest BCUT2D eigenvalue weighted by molar-refractivity contribution is -0.153. The van der Waals surface area contributed by atoms with Crippen LogP contribution in [0.3, 0.4) is 0 Å². The first-order valence-electron chi connectivity index (χ1n) is 9.64. The summed E-state index contributed by atoms with van der Waals surface area (Å²) < 4.78 is 61.6. The number of fused-ring (bicyclic) bond motifs is 1. The molecule has 1 fully saturated rings. The average molecular weight is 427 g/mol. The van der Waals surface area contributed by atoms with E-state index < -0.39 is 23.7 Å². The molecular weight excluding hydrogens is 406 g/mol. The first kappa shape index (κ1) is 20.6. The Labute approximate surface area is 169 Å². The van der Waals surface area contributed by atoms with Crippen molar-refractivity contribution in [3.63, 3.8) is 0 Å². The summed E-state index contributed by atoms with van der Waals surface area (Å²) in [4.78, 5) is 23.5. The van der Waals surface area contributed by atoms with Crippen molar-refractivity contribution < 1.29 is 22.3 Å². The number of aromatic nitrogens is 3. The van der Waals surface area contributed by atoms with Crippen molar-refractivity contribution in [3.05, 3.63) is 46.3 Å². The number of halogens is 4. The van der Waals surface area contributed by atoms with Gasteiger partial charge in [-0.1, -0.05) is 0 Å². The maximum absolute atomic E-state index is 13.8. The Bertz CT molecular complexity index is 980. The Balaban J connectivity index is 1.79. The standard InChI is InChI=1S/C19H21F4N5O2/c1-12-11-30-7-6-26(12)16-9-17(29)27-5-3-14(19(21,22)23)28(18(27)25-16)10-13-2-4-24-15(20)8-13/h2,4,8-9,12,14H,3,5-7,10-11H2,1H3/t12-,14+/m1/s1. The molecule has 7 nitrogen and oxygen atoms in total. The molecule has 0 N–H and O–H groups in total. The second-order valence-electron chi connectivity index (χ2n) is 7.48. The van der Waals surface area contributed by atoms with Gasteiger partial charge in [0.05, 0.1) is 19.3 Å². The molecular formula is C19H21F4N5O2. The fourth-order valence-electron chi connectivity index (χ4n) is 3.93. The minimum atomic E-state index is -4.53. The quantitative estimate of drug-likeness (QED) is 0.554. The van der Waals surface area contributed by atoms with E-state index in [1.165, 1.54) is 22.9 Å². The third-order valence-electron chi connectivity index (χ3n) is 5.42. The van der Waals surface area contributed by atoms with Crippen LogP contribution in [0, 0.1) is 5.95 Å². The Morgan fingerprint density at radius 2 is 2.07 bits per heavy atom. The minimum absolute atomic E-state index is 0.0676. The molecule has 2 aromatic rings. The zero-order valence-electron chi connectivity index (χ0n) is 16.3. The van der Waals surface area contributed by atoms with Crippen LogP contribution in [-0.4, -0.2) is 52.6 Å². The SMILES string of the molecule is C[C@@H]1COCCN1c1cc(=O)n2c(n1)N(Cc1ccnc(F)c1)[C@H](C(F)(F)F)CC2. The lowest BCUT2D eigenvalue weighted by atomic mass is 10.1. The van der Waals surface area contributed by atoms with Gasteiger partial charge in [-0.05, 0) is 31.0 Å². The van der Waals surface area contributed by atoms with Crippen LogP contribution < -0.4 is 15.4 Å². The average Bonchev–Trinajstić information content (AvgIpc) is 2.68. The number of anilines is 2. The van der Waals surface area contributed by atoms with E-state index in [0.717, 1.165) is 11.0 Å². The third-order valence-corrected chi connectivity index (χ3v) is 5.42. The summed E-state index contributed by atoms with van der Waals surface area (Å²) in [6.45, 7) is 2.91. The molecule has 2 aliphatic rings. The highest BCUT2D eigenvalue weighted by molar-refractivity contribution is 5.48. The Morgan fingerprint density at radius 3 is 2.77 bits per heavy atom. The first-order chi connectivity index (χ1) is 14.2. The van der Waals surface area contributed by atoms with Crippen molar-refractivity contribution in [1.29, 1.82) is 0 Å². The molecule has 2 aliphatic heterocycles. The van der Waals surface area contributed by atoms with Crippen LogP contribution in [0.25, 0.3) is 0 Å². The monoisotopic (exact) mass is 427 g/mol. The molecule has 0 spiro atoms. The van der Waals surface area contributed by atoms with Gasteiger partial charge in [-0.15, -0.1) is 0 Å². The second-order valence-corrected chi connectivity index (χ2v) is 7.48. The fraction of sp³-hybridized carbons (Fsp3) is 0.526. The lowest BCUT2D eigenvalue weighted by Crippen LogP contribution is -2.52. The van der Waals surface area contributed by atoms with Gasteiger partial charge in [0.2, 0.25) is 11.9 Å². The second kappa shape index (κ2) is 7.86. The van der Waals surface area contributed by atoms with Gasteiger partial charge in [0, 0.05) is 31.9 Å². The molecule has 0 bridgehead atoms. The molecule has 1 saturated heterocycles. The molecule has 0 aliphatic carbocycles. The highest BCUT2D eigenvalue weighted by Gasteiger charge is 2.47. The Hall–Kier alpha value is -2.69. The van der Waals surface area contributed by atoms with Gasteiger partial charge in [0.25, 0.3) is 5.56 Å². The van der Waals surface area contributed by atoms with Gasteiger partial charge < -0.3 is 14.5 Å². The zero-order valence-corrected chi connectivity index (χ0v) is 16.3. The van der Waals surface area contributed by atoms with E-state index in [2.05, 4.69) is 9.97 Å². The van der Waals surface area contributed by atoms with Crippen molar-refractivity contribution in [2.45, 2.75) is 44.7 Å². The molecule has 0 saturated carbocycles. The smallest absolute Gasteiger partial charge is 0.377 e. The number of hydrogen-bond donors (Lipinski definition) is 0. The van der Waals surface area contributed by atoms with E-state index in [9.17, 15) is 22.4 Å². The van der Waals surface area contributed by atoms with Crippen LogP contribution in [0.2, 0.25) is 0 Å². The molecule has 0 aromatic carbocycles. The number of nitrogens with zero attached hydrogens (tertiary/aromatic N) is 5. The number of morpholine rings is 1. The Morgan fingerprint density at radius 1 is 1.27 bits per heavy atom. The highest BCUT2D eigenvalue weighted by Crippen LogP contribution is 2.35. The van der Waals surface area contributed by atoms with Crippen LogP contribution in [0.4, 0.5) is 29.3 Å². The van der Waals surface area contributed by atoms with Crippen molar-refractivity contribution in [2.24, 2.45) is 0 Å². The molecule has 30 heavy (non-hydrogen) atoms. The summed E-state index contributed by atoms with van der Waals surface area (Å²) in [6, 6.07) is 1.97. The van der Waals surface area contributed by atoms with E-state index in [1.807, 2.05) is 11.8 Å². The van der Waals surface area contributed by atoms with E-state index in [-0.39, 0.29) is 31.5 Å². The minimum Gasteiger partial charge on any atom is -0.377 e. The molecule has 4 rings (SSSR count). The van der Waals surface area contributed by atoms with E-state index in [0.29, 0.717) is 31.1 Å². The molecule has 0 radical (unpaired) electrons. The van der Waals surface area contributed by atoms with Gasteiger partial charge in [-0.2, -0.15) is 22.5 Å². The third kappa shape index (κ3) is 3.98. The molecule has 0 unspecified atom stereocenters. The summed E-state index contributed by atoms with van der Waals surface area (Å²) >= 11 is 0. The highest BCUT2D eigenvalue weighted by atomic mass is 19.4.